The van der Waals surface area contributed by atoms with Crippen LogP contribution in [0.15, 0.2) is 24.3 Å². The Balaban J connectivity index is 0.000000956. The molecule has 3 nitrogen and oxygen atoms in total. The molecule has 2 aromatic rings. The van der Waals surface area contributed by atoms with E-state index in [4.69, 9.17) is 15.7 Å². The van der Waals surface area contributed by atoms with Gasteiger partial charge in [0.2, 0.25) is 0 Å². The smallest absolute Gasteiger partial charge is 0.144 e. The van der Waals surface area contributed by atoms with Gasteiger partial charge < -0.3 is 10.5 Å². The molecule has 20 heavy (non-hydrogen) atoms. The molecule has 106 valence electrons. The van der Waals surface area contributed by atoms with Gasteiger partial charge in [-0.05, 0) is 35.1 Å². The highest BCUT2D eigenvalue weighted by atomic mass is 16.5. The zero-order valence-electron chi connectivity index (χ0n) is 12.8. The molecular weight excluding hydrogens is 248 g/mol. The number of ether oxygens (including phenoxy) is 1. The van der Waals surface area contributed by atoms with Gasteiger partial charge in [0.15, 0.2) is 0 Å². The predicted molar refractivity (Wildman–Crippen MR) is 85.1 cm³/mol. The van der Waals surface area contributed by atoms with Crippen molar-refractivity contribution in [3.05, 3.63) is 35.4 Å². The van der Waals surface area contributed by atoms with Crippen molar-refractivity contribution >= 4 is 16.5 Å². The number of nitrogens with two attached hydrogens (primary N) is 1. The van der Waals surface area contributed by atoms with E-state index in [9.17, 15) is 0 Å². The Morgan fingerprint density at radius 2 is 1.85 bits per heavy atom. The van der Waals surface area contributed by atoms with Crippen molar-refractivity contribution in [2.45, 2.75) is 33.6 Å². The molecule has 0 spiro atoms. The van der Waals surface area contributed by atoms with Crippen LogP contribution < -0.4 is 10.5 Å². The monoisotopic (exact) mass is 270 g/mol. The lowest BCUT2D eigenvalue weighted by molar-refractivity contribution is 0.418. The Morgan fingerprint density at radius 3 is 2.35 bits per heavy atom. The van der Waals surface area contributed by atoms with Crippen molar-refractivity contribution in [2.24, 2.45) is 0 Å². The maximum absolute atomic E-state index is 9.14. The molecular formula is C17H22N2O. The lowest BCUT2D eigenvalue weighted by Crippen LogP contribution is -1.98. The second-order valence-electron chi connectivity index (χ2n) is 4.62. The van der Waals surface area contributed by atoms with Crippen molar-refractivity contribution in [3.63, 3.8) is 0 Å². The Labute approximate surface area is 121 Å². The van der Waals surface area contributed by atoms with E-state index in [1.165, 1.54) is 0 Å². The van der Waals surface area contributed by atoms with Gasteiger partial charge >= 0.3 is 0 Å². The van der Waals surface area contributed by atoms with Crippen molar-refractivity contribution in [3.8, 4) is 11.8 Å². The Bertz CT molecular complexity index is 639. The molecule has 0 aliphatic rings. The molecule has 0 bridgehead atoms. The van der Waals surface area contributed by atoms with E-state index < -0.39 is 0 Å². The minimum absolute atomic E-state index is 0.318. The molecule has 0 unspecified atom stereocenters. The van der Waals surface area contributed by atoms with Crippen LogP contribution in [0, 0.1) is 11.3 Å². The number of rotatable bonds is 2. The zero-order valence-corrected chi connectivity index (χ0v) is 12.8. The summed E-state index contributed by atoms with van der Waals surface area (Å²) in [4.78, 5) is 0. The first-order valence-electron chi connectivity index (χ1n) is 6.88. The number of hydrogen-bond acceptors (Lipinski definition) is 3. The number of nitrogen functional groups attached to an aromatic ring is 1. The number of nitrogens with zero attached hydrogens (tertiary/aromatic N) is 1. The van der Waals surface area contributed by atoms with Crippen LogP contribution in [0.25, 0.3) is 10.8 Å². The summed E-state index contributed by atoms with van der Waals surface area (Å²) in [5.74, 6) is 0.956. The van der Waals surface area contributed by atoms with E-state index >= 15 is 0 Å². The molecule has 3 heteroatoms. The van der Waals surface area contributed by atoms with Crippen LogP contribution in [0.5, 0.6) is 5.75 Å². The van der Waals surface area contributed by atoms with Crippen molar-refractivity contribution in [1.82, 2.24) is 0 Å². The van der Waals surface area contributed by atoms with Crippen molar-refractivity contribution in [1.29, 1.82) is 5.26 Å². The third-order valence-corrected chi connectivity index (χ3v) is 3.07. The highest BCUT2D eigenvalue weighted by molar-refractivity contribution is 5.95. The predicted octanol–water partition coefficient (Wildman–Crippen LogP) is 4.45. The van der Waals surface area contributed by atoms with Gasteiger partial charge in [0.25, 0.3) is 0 Å². The van der Waals surface area contributed by atoms with Gasteiger partial charge in [-0.2, -0.15) is 5.26 Å². The molecule has 2 rings (SSSR count). The zero-order chi connectivity index (χ0) is 15.3. The van der Waals surface area contributed by atoms with Gasteiger partial charge in [0.1, 0.15) is 11.8 Å². The maximum Gasteiger partial charge on any atom is 0.144 e. The average Bonchev–Trinajstić information content (AvgIpc) is 2.46. The lowest BCUT2D eigenvalue weighted by Gasteiger charge is -2.15. The van der Waals surface area contributed by atoms with Crippen molar-refractivity contribution in [2.75, 3.05) is 12.8 Å². The highest BCUT2D eigenvalue weighted by Crippen LogP contribution is 2.36. The van der Waals surface area contributed by atoms with E-state index in [0.29, 0.717) is 17.2 Å². The van der Waals surface area contributed by atoms with Crippen LogP contribution in [0.1, 0.15) is 44.7 Å². The Hall–Kier alpha value is -2.21. The third-order valence-electron chi connectivity index (χ3n) is 3.07. The largest absolute Gasteiger partial charge is 0.495 e. The molecule has 0 amide bonds. The molecule has 0 saturated carbocycles. The number of anilines is 1. The SMILES string of the molecule is CC.COc1c(C#N)ccc2cc(N)cc(C(C)C)c12. The normalized spacial score (nSPS) is 9.85. The first-order valence-corrected chi connectivity index (χ1v) is 6.88. The Morgan fingerprint density at radius 1 is 1.20 bits per heavy atom. The summed E-state index contributed by atoms with van der Waals surface area (Å²) in [6.07, 6.45) is 0. The third kappa shape index (κ3) is 2.85. The van der Waals surface area contributed by atoms with E-state index in [0.717, 1.165) is 22.0 Å². The van der Waals surface area contributed by atoms with Crippen LogP contribution >= 0.6 is 0 Å². The van der Waals surface area contributed by atoms with Crippen molar-refractivity contribution < 1.29 is 4.74 Å². The standard InChI is InChI=1S/C15H16N2O.C2H6/c1-9(2)13-7-12(17)6-10-4-5-11(8-16)15(18-3)14(10)13;1-2/h4-7,9H,17H2,1-3H3;1-2H3. The quantitative estimate of drug-likeness (QED) is 0.820. The number of methoxy groups -OCH3 is 1. The highest BCUT2D eigenvalue weighted by Gasteiger charge is 2.14. The summed E-state index contributed by atoms with van der Waals surface area (Å²) in [5.41, 5.74) is 8.32. The van der Waals surface area contributed by atoms with E-state index in [2.05, 4.69) is 19.9 Å². The van der Waals surface area contributed by atoms with Gasteiger partial charge in [-0.3, -0.25) is 0 Å². The summed E-state index contributed by atoms with van der Waals surface area (Å²) in [7, 11) is 1.59. The summed E-state index contributed by atoms with van der Waals surface area (Å²) >= 11 is 0. The second kappa shape index (κ2) is 6.81. The molecule has 0 heterocycles. The molecule has 0 aliphatic heterocycles. The number of hydrogen-bond donors (Lipinski definition) is 1. The maximum atomic E-state index is 9.14. The number of benzene rings is 2. The van der Waals surface area contributed by atoms with Crippen LogP contribution in [0.2, 0.25) is 0 Å². The van der Waals surface area contributed by atoms with E-state index in [1.54, 1.807) is 13.2 Å². The van der Waals surface area contributed by atoms with Crippen LogP contribution in [-0.4, -0.2) is 7.11 Å². The first-order chi connectivity index (χ1) is 9.58. The minimum Gasteiger partial charge on any atom is -0.495 e. The summed E-state index contributed by atoms with van der Waals surface area (Å²) in [5, 5.41) is 11.1. The molecule has 0 aliphatic carbocycles. The first kappa shape index (κ1) is 15.8. The molecule has 2 aromatic carbocycles. The molecule has 0 saturated heterocycles. The molecule has 2 N–H and O–H groups in total. The summed E-state index contributed by atoms with van der Waals surface area (Å²) in [6.45, 7) is 8.21. The lowest BCUT2D eigenvalue weighted by atomic mass is 9.93. The molecule has 0 radical (unpaired) electrons. The van der Waals surface area contributed by atoms with Gasteiger partial charge in [-0.15, -0.1) is 0 Å². The minimum atomic E-state index is 0.318. The Kier molecular flexibility index (Phi) is 5.40. The van der Waals surface area contributed by atoms with Gasteiger partial charge in [-0.1, -0.05) is 33.8 Å². The van der Waals surface area contributed by atoms with Crippen LogP contribution in [0.4, 0.5) is 5.69 Å². The van der Waals surface area contributed by atoms with Crippen LogP contribution in [0.3, 0.4) is 0 Å². The van der Waals surface area contributed by atoms with Crippen LogP contribution in [-0.2, 0) is 0 Å². The number of nitriles is 1. The molecule has 0 atom stereocenters. The van der Waals surface area contributed by atoms with Gasteiger partial charge in [0.05, 0.1) is 12.7 Å². The summed E-state index contributed by atoms with van der Waals surface area (Å²) in [6, 6.07) is 9.71. The van der Waals surface area contributed by atoms with E-state index in [1.807, 2.05) is 32.0 Å². The fourth-order valence-corrected chi connectivity index (χ4v) is 2.24. The molecule has 0 aromatic heterocycles. The van der Waals surface area contributed by atoms with E-state index in [-0.39, 0.29) is 0 Å². The fourth-order valence-electron chi connectivity index (χ4n) is 2.24. The number of fused-ring (bicyclic) bond motifs is 1. The fraction of sp³-hybridized carbons (Fsp3) is 0.353. The average molecular weight is 270 g/mol. The van der Waals surface area contributed by atoms with Gasteiger partial charge in [0, 0.05) is 11.1 Å². The molecule has 0 fully saturated rings. The summed E-state index contributed by atoms with van der Waals surface area (Å²) < 4.78 is 5.42. The second-order valence-corrected chi connectivity index (χ2v) is 4.62. The van der Waals surface area contributed by atoms with Gasteiger partial charge in [-0.25, -0.2) is 0 Å². The topological polar surface area (TPSA) is 59.0 Å².